The third-order valence-corrected chi connectivity index (χ3v) is 7.34. The van der Waals surface area contributed by atoms with Gasteiger partial charge in [-0.25, -0.2) is 0 Å². The Labute approximate surface area is 253 Å². The van der Waals surface area contributed by atoms with Gasteiger partial charge in [0.1, 0.15) is 5.65 Å². The summed E-state index contributed by atoms with van der Waals surface area (Å²) in [5, 5.41) is 33.1. The molecule has 0 fully saturated rings. The number of ether oxygens (including phenoxy) is 2. The van der Waals surface area contributed by atoms with Crippen molar-refractivity contribution in [3.8, 4) is 28.9 Å². The Morgan fingerprint density at radius 1 is 0.886 bits per heavy atom. The summed E-state index contributed by atoms with van der Waals surface area (Å²) in [4.78, 5) is 31.1. The molecular formula is C34H33N3O7. The van der Waals surface area contributed by atoms with Crippen molar-refractivity contribution < 1.29 is 29.6 Å². The molecule has 3 aromatic carbocycles. The number of pyridine rings is 1. The van der Waals surface area contributed by atoms with E-state index in [4.69, 9.17) is 9.47 Å². The van der Waals surface area contributed by atoms with Gasteiger partial charge in [0.15, 0.2) is 23.0 Å². The maximum atomic E-state index is 13.6. The largest absolute Gasteiger partial charge is 0.504 e. The van der Waals surface area contributed by atoms with Crippen LogP contribution in [0.2, 0.25) is 0 Å². The van der Waals surface area contributed by atoms with E-state index in [1.165, 1.54) is 23.6 Å². The molecule has 1 atom stereocenters. The highest BCUT2D eigenvalue weighted by molar-refractivity contribution is 5.78. The Hall–Kier alpha value is -5.51. The van der Waals surface area contributed by atoms with Crippen molar-refractivity contribution in [2.45, 2.75) is 25.2 Å². The molecule has 0 saturated carbocycles. The number of nitrogens with one attached hydrogen (secondary N) is 1. The monoisotopic (exact) mass is 595 g/mol. The highest BCUT2D eigenvalue weighted by atomic mass is 16.5. The summed E-state index contributed by atoms with van der Waals surface area (Å²) < 4.78 is 13.0. The first-order valence-electron chi connectivity index (χ1n) is 14.2. The Morgan fingerprint density at radius 3 is 2.45 bits per heavy atom. The van der Waals surface area contributed by atoms with Crippen molar-refractivity contribution in [3.05, 3.63) is 124 Å². The number of methoxy groups -OCH3 is 1. The SMILES string of the molecule is COc1cc([C@H](CC(=O)NCCc2ccc(O)c(O)c2)c2c(O)nc3ccccn3c2=O)ccc1OCCc1ccccc1. The predicted octanol–water partition coefficient (Wildman–Crippen LogP) is 4.32. The van der Waals surface area contributed by atoms with Crippen LogP contribution < -0.4 is 20.3 Å². The number of phenols is 2. The molecule has 2 heterocycles. The number of aromatic hydroxyl groups is 3. The number of fused-ring (bicyclic) bond motifs is 1. The lowest BCUT2D eigenvalue weighted by atomic mass is 9.88. The number of phenolic OH excluding ortho intramolecular Hbond substituents is 2. The third kappa shape index (κ3) is 6.92. The lowest BCUT2D eigenvalue weighted by Gasteiger charge is -2.20. The Morgan fingerprint density at radius 2 is 1.68 bits per heavy atom. The lowest BCUT2D eigenvalue weighted by Crippen LogP contribution is -2.30. The van der Waals surface area contributed by atoms with Crippen LogP contribution in [0.15, 0.2) is 95.9 Å². The van der Waals surface area contributed by atoms with Crippen molar-refractivity contribution in [1.29, 1.82) is 0 Å². The van der Waals surface area contributed by atoms with Gasteiger partial charge in [-0.15, -0.1) is 0 Å². The molecular weight excluding hydrogens is 562 g/mol. The van der Waals surface area contributed by atoms with Crippen LogP contribution in [-0.4, -0.2) is 50.9 Å². The van der Waals surface area contributed by atoms with Crippen LogP contribution in [-0.2, 0) is 17.6 Å². The Bertz CT molecular complexity index is 1820. The molecule has 10 heteroatoms. The van der Waals surface area contributed by atoms with Gasteiger partial charge >= 0.3 is 0 Å². The molecule has 5 rings (SSSR count). The summed E-state index contributed by atoms with van der Waals surface area (Å²) >= 11 is 0. The normalized spacial score (nSPS) is 11.7. The van der Waals surface area contributed by atoms with E-state index in [0.717, 1.165) is 11.1 Å². The average molecular weight is 596 g/mol. The van der Waals surface area contributed by atoms with Gasteiger partial charge in [-0.3, -0.25) is 14.0 Å². The minimum absolute atomic E-state index is 0.0212. The number of amides is 1. The Kier molecular flexibility index (Phi) is 9.29. The van der Waals surface area contributed by atoms with Crippen molar-refractivity contribution in [2.24, 2.45) is 0 Å². The molecule has 0 aliphatic rings. The van der Waals surface area contributed by atoms with Gasteiger partial charge in [-0.1, -0.05) is 48.5 Å². The lowest BCUT2D eigenvalue weighted by molar-refractivity contribution is -0.121. The molecule has 0 saturated heterocycles. The van der Waals surface area contributed by atoms with Crippen LogP contribution in [0.3, 0.4) is 0 Å². The molecule has 226 valence electrons. The molecule has 0 radical (unpaired) electrons. The van der Waals surface area contributed by atoms with E-state index in [0.29, 0.717) is 36.5 Å². The smallest absolute Gasteiger partial charge is 0.265 e. The van der Waals surface area contributed by atoms with E-state index >= 15 is 0 Å². The highest BCUT2D eigenvalue weighted by Gasteiger charge is 2.27. The van der Waals surface area contributed by atoms with E-state index < -0.39 is 17.4 Å². The summed E-state index contributed by atoms with van der Waals surface area (Å²) in [6.45, 7) is 0.662. The molecule has 5 aromatic rings. The van der Waals surface area contributed by atoms with Crippen LogP contribution in [0.25, 0.3) is 5.65 Å². The zero-order valence-electron chi connectivity index (χ0n) is 24.1. The number of aromatic nitrogens is 2. The second-order valence-electron chi connectivity index (χ2n) is 10.3. The van der Waals surface area contributed by atoms with E-state index in [9.17, 15) is 24.9 Å². The van der Waals surface area contributed by atoms with Crippen LogP contribution in [0.4, 0.5) is 0 Å². The number of nitrogens with zero attached hydrogens (tertiary/aromatic N) is 2. The van der Waals surface area contributed by atoms with Gasteiger partial charge in [-0.2, -0.15) is 4.98 Å². The first kappa shape index (κ1) is 30.0. The minimum Gasteiger partial charge on any atom is -0.504 e. The van der Waals surface area contributed by atoms with Gasteiger partial charge in [0.05, 0.1) is 19.3 Å². The van der Waals surface area contributed by atoms with Crippen LogP contribution in [0.1, 0.15) is 34.6 Å². The van der Waals surface area contributed by atoms with E-state index in [2.05, 4.69) is 10.3 Å². The van der Waals surface area contributed by atoms with Gasteiger partial charge < -0.3 is 30.1 Å². The maximum Gasteiger partial charge on any atom is 0.265 e. The summed E-state index contributed by atoms with van der Waals surface area (Å²) in [6.07, 6.45) is 2.49. The number of carbonyl (C=O) groups is 1. The summed E-state index contributed by atoms with van der Waals surface area (Å²) in [6, 6.07) is 24.6. The molecule has 4 N–H and O–H groups in total. The molecule has 0 unspecified atom stereocenters. The molecule has 2 aromatic heterocycles. The molecule has 0 spiro atoms. The summed E-state index contributed by atoms with van der Waals surface area (Å²) in [5.74, 6) is -1.23. The fourth-order valence-electron chi connectivity index (χ4n) is 5.05. The molecule has 0 aliphatic carbocycles. The first-order chi connectivity index (χ1) is 21.3. The van der Waals surface area contributed by atoms with Gasteiger partial charge in [0.25, 0.3) is 5.56 Å². The minimum atomic E-state index is -0.864. The Balaban J connectivity index is 1.40. The summed E-state index contributed by atoms with van der Waals surface area (Å²) in [5.41, 5.74) is 2.18. The van der Waals surface area contributed by atoms with Gasteiger partial charge in [-0.05, 0) is 59.5 Å². The van der Waals surface area contributed by atoms with Crippen molar-refractivity contribution in [3.63, 3.8) is 0 Å². The zero-order valence-corrected chi connectivity index (χ0v) is 24.1. The van der Waals surface area contributed by atoms with Gasteiger partial charge in [0, 0.05) is 31.5 Å². The quantitative estimate of drug-likeness (QED) is 0.156. The number of hydrogen-bond acceptors (Lipinski definition) is 8. The fraction of sp³-hybridized carbons (Fsp3) is 0.206. The second kappa shape index (κ2) is 13.6. The third-order valence-electron chi connectivity index (χ3n) is 7.34. The van der Waals surface area contributed by atoms with Crippen molar-refractivity contribution in [1.82, 2.24) is 14.7 Å². The van der Waals surface area contributed by atoms with E-state index in [1.807, 2.05) is 30.3 Å². The molecule has 1 amide bonds. The topological polar surface area (TPSA) is 143 Å². The molecule has 0 aliphatic heterocycles. The predicted molar refractivity (Wildman–Crippen MR) is 165 cm³/mol. The fourth-order valence-corrected chi connectivity index (χ4v) is 5.05. The van der Waals surface area contributed by atoms with Crippen LogP contribution >= 0.6 is 0 Å². The van der Waals surface area contributed by atoms with Gasteiger partial charge in [0.2, 0.25) is 11.8 Å². The van der Waals surface area contributed by atoms with Crippen molar-refractivity contribution in [2.75, 3.05) is 20.3 Å². The average Bonchev–Trinajstić information content (AvgIpc) is 3.03. The maximum absolute atomic E-state index is 13.6. The standard InChI is InChI=1S/C34H33N3O7/c1-43-29-20-24(11-13-28(29)44-18-15-22-7-3-2-4-8-22)25(32-33(41)36-30-9-5-6-17-37(30)34(32)42)21-31(40)35-16-14-23-10-12-26(38)27(39)19-23/h2-13,17,19-20,25,38-39,41H,14-16,18,21H2,1H3,(H,35,40)/t25-/m0/s1. The zero-order chi connectivity index (χ0) is 31.1. The second-order valence-corrected chi connectivity index (χ2v) is 10.3. The molecule has 10 nitrogen and oxygen atoms in total. The molecule has 44 heavy (non-hydrogen) atoms. The first-order valence-corrected chi connectivity index (χ1v) is 14.2. The number of benzene rings is 3. The number of carbonyl (C=O) groups excluding carboxylic acids is 1. The highest BCUT2D eigenvalue weighted by Crippen LogP contribution is 2.36. The van der Waals surface area contributed by atoms with Crippen LogP contribution in [0.5, 0.6) is 28.9 Å². The van der Waals surface area contributed by atoms with Crippen LogP contribution in [0, 0.1) is 0 Å². The van der Waals surface area contributed by atoms with Crippen molar-refractivity contribution >= 4 is 11.6 Å². The van der Waals surface area contributed by atoms with E-state index in [-0.39, 0.29) is 41.6 Å². The summed E-state index contributed by atoms with van der Waals surface area (Å²) in [7, 11) is 1.51. The molecule has 0 bridgehead atoms. The van der Waals surface area contributed by atoms with E-state index in [1.54, 1.807) is 48.7 Å². The number of rotatable bonds is 12. The number of hydrogen-bond donors (Lipinski definition) is 4.